The molecule has 0 spiro atoms. The Kier molecular flexibility index (Phi) is 6.66. The van der Waals surface area contributed by atoms with E-state index in [1.165, 1.54) is 0 Å². The summed E-state index contributed by atoms with van der Waals surface area (Å²) in [5.41, 5.74) is 1.84. The summed E-state index contributed by atoms with van der Waals surface area (Å²) in [6.45, 7) is 11.6. The number of furan rings is 1. The number of likely N-dealkylation sites (tertiary alicyclic amines) is 1. The van der Waals surface area contributed by atoms with Crippen molar-refractivity contribution >= 4 is 11.7 Å². The van der Waals surface area contributed by atoms with E-state index in [-0.39, 0.29) is 5.91 Å². The Hall–Kier alpha value is -3.04. The maximum absolute atomic E-state index is 12.7. The molecule has 1 amide bonds. The number of aryl methyl sites for hydroxylation is 3. The van der Waals surface area contributed by atoms with E-state index in [4.69, 9.17) is 4.42 Å². The number of aromatic nitrogens is 4. The van der Waals surface area contributed by atoms with Crippen LogP contribution in [0.5, 0.6) is 0 Å². The van der Waals surface area contributed by atoms with Crippen LogP contribution in [0.1, 0.15) is 36.9 Å². The van der Waals surface area contributed by atoms with Gasteiger partial charge in [-0.05, 0) is 58.5 Å². The molecule has 1 saturated heterocycles. The highest BCUT2D eigenvalue weighted by atomic mass is 16.3. The summed E-state index contributed by atoms with van der Waals surface area (Å²) in [6, 6.07) is 7.94. The highest BCUT2D eigenvalue weighted by molar-refractivity contribution is 5.90. The van der Waals surface area contributed by atoms with E-state index in [1.807, 2.05) is 39.0 Å². The van der Waals surface area contributed by atoms with E-state index >= 15 is 0 Å². The summed E-state index contributed by atoms with van der Waals surface area (Å²) < 4.78 is 7.47. The van der Waals surface area contributed by atoms with Gasteiger partial charge in [0.05, 0.1) is 5.69 Å². The molecule has 4 heterocycles. The number of rotatable bonds is 8. The first kappa shape index (κ1) is 22.2. The standard InChI is InChI=1S/C23H31N7O2/c1-5-24-18-8-10-29(14-18)11-9-22(31)25-20-13-21(30-16(3)12-15(2)28-30)27-23(26-20)19-7-6-17(4)32-19/h6-7,12-13,18,24H,5,8-11,14H2,1-4H3,(H,25,26,27,31)/t18-/m1/s1. The Bertz CT molecular complexity index is 1090. The molecule has 3 aromatic heterocycles. The van der Waals surface area contributed by atoms with Crippen molar-refractivity contribution in [2.75, 3.05) is 31.5 Å². The highest BCUT2D eigenvalue weighted by Crippen LogP contribution is 2.23. The summed E-state index contributed by atoms with van der Waals surface area (Å²) in [5.74, 6) is 2.67. The SMILES string of the molecule is CCN[C@@H]1CCN(CCC(=O)Nc2cc(-n3nc(C)cc3C)nc(-c3ccc(C)o3)n2)C1. The molecule has 0 unspecified atom stereocenters. The Morgan fingerprint density at radius 3 is 2.75 bits per heavy atom. The second kappa shape index (κ2) is 9.62. The largest absolute Gasteiger partial charge is 0.458 e. The number of hydrogen-bond donors (Lipinski definition) is 2. The van der Waals surface area contributed by atoms with Crippen LogP contribution in [0, 0.1) is 20.8 Å². The van der Waals surface area contributed by atoms with Crippen LogP contribution in [0.15, 0.2) is 28.7 Å². The Balaban J connectivity index is 1.50. The molecule has 2 N–H and O–H groups in total. The second-order valence-corrected chi connectivity index (χ2v) is 8.33. The minimum Gasteiger partial charge on any atom is -0.458 e. The molecule has 32 heavy (non-hydrogen) atoms. The lowest BCUT2D eigenvalue weighted by Gasteiger charge is -2.16. The molecule has 4 rings (SSSR count). The van der Waals surface area contributed by atoms with Crippen molar-refractivity contribution in [3.8, 4) is 17.4 Å². The van der Waals surface area contributed by atoms with Crippen molar-refractivity contribution in [2.45, 2.75) is 46.6 Å². The third kappa shape index (κ3) is 5.23. The van der Waals surface area contributed by atoms with Gasteiger partial charge in [0, 0.05) is 37.3 Å². The van der Waals surface area contributed by atoms with Gasteiger partial charge in [-0.3, -0.25) is 4.79 Å². The van der Waals surface area contributed by atoms with E-state index in [2.05, 4.69) is 37.5 Å². The van der Waals surface area contributed by atoms with Crippen LogP contribution in [0.25, 0.3) is 17.4 Å². The van der Waals surface area contributed by atoms with Crippen molar-refractivity contribution in [1.29, 1.82) is 0 Å². The van der Waals surface area contributed by atoms with Crippen LogP contribution in [0.2, 0.25) is 0 Å². The van der Waals surface area contributed by atoms with Crippen LogP contribution >= 0.6 is 0 Å². The fraction of sp³-hybridized carbons (Fsp3) is 0.478. The zero-order valence-corrected chi connectivity index (χ0v) is 19.2. The number of carbonyl (C=O) groups excluding carboxylic acids is 1. The van der Waals surface area contributed by atoms with E-state index in [0.717, 1.165) is 49.7 Å². The molecule has 1 aliphatic heterocycles. The van der Waals surface area contributed by atoms with Crippen LogP contribution in [-0.2, 0) is 4.79 Å². The Labute approximate surface area is 188 Å². The van der Waals surface area contributed by atoms with Crippen LogP contribution in [0.3, 0.4) is 0 Å². The Morgan fingerprint density at radius 2 is 2.06 bits per heavy atom. The molecule has 1 atom stereocenters. The average molecular weight is 438 g/mol. The molecule has 0 bridgehead atoms. The predicted octanol–water partition coefficient (Wildman–Crippen LogP) is 2.86. The summed E-state index contributed by atoms with van der Waals surface area (Å²) in [5, 5.41) is 10.9. The molecule has 0 radical (unpaired) electrons. The fourth-order valence-electron chi connectivity index (χ4n) is 4.09. The van der Waals surface area contributed by atoms with Gasteiger partial charge >= 0.3 is 0 Å². The number of hydrogen-bond acceptors (Lipinski definition) is 7. The number of anilines is 1. The van der Waals surface area contributed by atoms with Crippen LogP contribution in [-0.4, -0.2) is 62.8 Å². The van der Waals surface area contributed by atoms with Crippen LogP contribution < -0.4 is 10.6 Å². The van der Waals surface area contributed by atoms with Crippen molar-refractivity contribution in [3.05, 3.63) is 41.4 Å². The smallest absolute Gasteiger partial charge is 0.226 e. The van der Waals surface area contributed by atoms with Gasteiger partial charge in [-0.1, -0.05) is 6.92 Å². The average Bonchev–Trinajstić information content (AvgIpc) is 3.47. The lowest BCUT2D eigenvalue weighted by molar-refractivity contribution is -0.116. The fourth-order valence-corrected chi connectivity index (χ4v) is 4.09. The summed E-state index contributed by atoms with van der Waals surface area (Å²) >= 11 is 0. The van der Waals surface area contributed by atoms with Gasteiger partial charge in [-0.15, -0.1) is 0 Å². The third-order valence-electron chi connectivity index (χ3n) is 5.59. The number of carbonyl (C=O) groups is 1. The predicted molar refractivity (Wildman–Crippen MR) is 123 cm³/mol. The number of likely N-dealkylation sites (N-methyl/N-ethyl adjacent to an activating group) is 1. The molecule has 0 aromatic carbocycles. The molecule has 0 saturated carbocycles. The van der Waals surface area contributed by atoms with Gasteiger partial charge in [-0.2, -0.15) is 5.10 Å². The molecule has 1 fully saturated rings. The monoisotopic (exact) mass is 437 g/mol. The summed E-state index contributed by atoms with van der Waals surface area (Å²) in [6.07, 6.45) is 1.53. The summed E-state index contributed by atoms with van der Waals surface area (Å²) in [7, 11) is 0. The maximum atomic E-state index is 12.7. The minimum absolute atomic E-state index is 0.0727. The van der Waals surface area contributed by atoms with E-state index < -0.39 is 0 Å². The second-order valence-electron chi connectivity index (χ2n) is 8.33. The van der Waals surface area contributed by atoms with E-state index in [0.29, 0.717) is 35.7 Å². The summed E-state index contributed by atoms with van der Waals surface area (Å²) in [4.78, 5) is 24.2. The highest BCUT2D eigenvalue weighted by Gasteiger charge is 2.22. The minimum atomic E-state index is -0.0727. The molecule has 170 valence electrons. The first-order chi connectivity index (χ1) is 15.4. The normalized spacial score (nSPS) is 16.6. The zero-order chi connectivity index (χ0) is 22.7. The molecule has 1 aliphatic rings. The van der Waals surface area contributed by atoms with Crippen molar-refractivity contribution in [1.82, 2.24) is 30.0 Å². The lowest BCUT2D eigenvalue weighted by atomic mass is 10.3. The molecular formula is C23H31N7O2. The van der Waals surface area contributed by atoms with Gasteiger partial charge in [0.2, 0.25) is 5.91 Å². The van der Waals surface area contributed by atoms with Gasteiger partial charge in [-0.25, -0.2) is 14.6 Å². The van der Waals surface area contributed by atoms with Gasteiger partial charge in [0.25, 0.3) is 0 Å². The van der Waals surface area contributed by atoms with Gasteiger partial charge in [0.15, 0.2) is 17.4 Å². The van der Waals surface area contributed by atoms with Crippen molar-refractivity contribution < 1.29 is 9.21 Å². The first-order valence-electron chi connectivity index (χ1n) is 11.2. The third-order valence-corrected chi connectivity index (χ3v) is 5.59. The van der Waals surface area contributed by atoms with Gasteiger partial charge in [0.1, 0.15) is 11.6 Å². The van der Waals surface area contributed by atoms with Crippen LogP contribution in [0.4, 0.5) is 5.82 Å². The van der Waals surface area contributed by atoms with Gasteiger partial charge < -0.3 is 20.0 Å². The van der Waals surface area contributed by atoms with Crippen molar-refractivity contribution in [2.24, 2.45) is 0 Å². The lowest BCUT2D eigenvalue weighted by Crippen LogP contribution is -2.33. The number of nitrogens with one attached hydrogen (secondary N) is 2. The number of amides is 1. The maximum Gasteiger partial charge on any atom is 0.226 e. The molecule has 3 aromatic rings. The van der Waals surface area contributed by atoms with E-state index in [1.54, 1.807) is 10.7 Å². The quantitative estimate of drug-likeness (QED) is 0.559. The first-order valence-corrected chi connectivity index (χ1v) is 11.2. The number of nitrogens with zero attached hydrogens (tertiary/aromatic N) is 5. The zero-order valence-electron chi connectivity index (χ0n) is 19.2. The van der Waals surface area contributed by atoms with E-state index in [9.17, 15) is 4.79 Å². The molecule has 0 aliphatic carbocycles. The molecule has 9 heteroatoms. The van der Waals surface area contributed by atoms with Crippen molar-refractivity contribution in [3.63, 3.8) is 0 Å². The Morgan fingerprint density at radius 1 is 1.22 bits per heavy atom. The topological polar surface area (TPSA) is 101 Å². The molecule has 9 nitrogen and oxygen atoms in total. The molecular weight excluding hydrogens is 406 g/mol.